The largest absolute Gasteiger partial charge is 0.329 e. The summed E-state index contributed by atoms with van der Waals surface area (Å²) >= 11 is 0. The third kappa shape index (κ3) is 3.41. The molecule has 1 N–H and O–H groups in total. The average molecular weight is 375 g/mol. The summed E-state index contributed by atoms with van der Waals surface area (Å²) in [7, 11) is -3.44. The van der Waals surface area contributed by atoms with Gasteiger partial charge in [-0.15, -0.1) is 0 Å². The number of rotatable bonds is 4. The first-order valence-electron chi connectivity index (χ1n) is 9.23. The first kappa shape index (κ1) is 17.6. The van der Waals surface area contributed by atoms with E-state index in [1.54, 1.807) is 22.5 Å². The third-order valence-corrected chi connectivity index (χ3v) is 7.43. The summed E-state index contributed by atoms with van der Waals surface area (Å²) in [5.74, 6) is -0.187. The van der Waals surface area contributed by atoms with E-state index in [4.69, 9.17) is 0 Å². The summed E-state index contributed by atoms with van der Waals surface area (Å²) in [6.45, 7) is 2.93. The molecule has 6 heteroatoms. The van der Waals surface area contributed by atoms with Gasteiger partial charge in [0.15, 0.2) is 0 Å². The highest BCUT2D eigenvalue weighted by Gasteiger charge is 2.31. The number of sulfonamides is 1. The van der Waals surface area contributed by atoms with E-state index >= 15 is 0 Å². The molecular weight excluding hydrogens is 351 g/mol. The van der Waals surface area contributed by atoms with Gasteiger partial charge in [0.1, 0.15) is 12.4 Å². The van der Waals surface area contributed by atoms with Gasteiger partial charge in [-0.25, -0.2) is 12.8 Å². The second-order valence-corrected chi connectivity index (χ2v) is 9.14. The monoisotopic (exact) mass is 375 g/mol. The highest BCUT2D eigenvalue weighted by atomic mass is 32.2. The van der Waals surface area contributed by atoms with Crippen molar-refractivity contribution in [3.05, 3.63) is 65.0 Å². The van der Waals surface area contributed by atoms with Gasteiger partial charge in [-0.3, -0.25) is 0 Å². The van der Waals surface area contributed by atoms with Gasteiger partial charge in [0, 0.05) is 5.56 Å². The number of quaternary nitrogens is 1. The average Bonchev–Trinajstić information content (AvgIpc) is 3.12. The Morgan fingerprint density at radius 3 is 2.50 bits per heavy atom. The second kappa shape index (κ2) is 7.10. The normalized spacial score (nSPS) is 18.8. The Kier molecular flexibility index (Phi) is 4.82. The quantitative estimate of drug-likeness (QED) is 0.878. The van der Waals surface area contributed by atoms with Crippen LogP contribution in [0, 0.1) is 5.82 Å². The summed E-state index contributed by atoms with van der Waals surface area (Å²) in [4.78, 5) is 1.63. The van der Waals surface area contributed by atoms with Crippen LogP contribution < -0.4 is 4.90 Å². The summed E-state index contributed by atoms with van der Waals surface area (Å²) in [5.41, 5.74) is 3.15. The number of hydrogen-bond donors (Lipinski definition) is 1. The van der Waals surface area contributed by atoms with Gasteiger partial charge < -0.3 is 4.90 Å². The number of nitrogens with zero attached hydrogens (tertiary/aromatic N) is 1. The Balaban J connectivity index is 1.43. The fraction of sp³-hybridized carbons (Fsp3) is 0.400. The number of fused-ring (bicyclic) bond motifs is 1. The Labute approximate surface area is 154 Å². The number of aryl methyl sites for hydroxylation is 2. The van der Waals surface area contributed by atoms with Crippen molar-refractivity contribution in [1.29, 1.82) is 0 Å². The molecule has 1 heterocycles. The van der Waals surface area contributed by atoms with Crippen molar-refractivity contribution in [3.8, 4) is 0 Å². The van der Waals surface area contributed by atoms with E-state index < -0.39 is 10.0 Å². The zero-order valence-electron chi connectivity index (χ0n) is 14.7. The third-order valence-electron chi connectivity index (χ3n) is 5.54. The predicted octanol–water partition coefficient (Wildman–Crippen LogP) is 1.40. The van der Waals surface area contributed by atoms with Crippen LogP contribution in [0.1, 0.15) is 23.1 Å². The lowest BCUT2D eigenvalue weighted by atomic mass is 10.1. The lowest BCUT2D eigenvalue weighted by molar-refractivity contribution is -0.917. The van der Waals surface area contributed by atoms with Crippen LogP contribution in [-0.2, 0) is 29.4 Å². The molecule has 1 aliphatic heterocycles. The van der Waals surface area contributed by atoms with Gasteiger partial charge in [-0.05, 0) is 48.6 Å². The predicted molar refractivity (Wildman–Crippen MR) is 98.0 cm³/mol. The van der Waals surface area contributed by atoms with Crippen molar-refractivity contribution in [2.75, 3.05) is 26.2 Å². The highest BCUT2D eigenvalue weighted by molar-refractivity contribution is 7.89. The number of halogens is 1. The van der Waals surface area contributed by atoms with Crippen LogP contribution in [-0.4, -0.2) is 38.9 Å². The van der Waals surface area contributed by atoms with Crippen LogP contribution in [0.4, 0.5) is 4.39 Å². The Morgan fingerprint density at radius 1 is 1.00 bits per heavy atom. The fourth-order valence-electron chi connectivity index (χ4n) is 3.99. The Morgan fingerprint density at radius 2 is 1.73 bits per heavy atom. The molecule has 0 bridgehead atoms. The molecule has 2 aromatic carbocycles. The summed E-state index contributed by atoms with van der Waals surface area (Å²) in [5, 5.41) is 0. The standard InChI is InChI=1S/C20H23FN2O2S/c21-20-7-2-1-4-18(20)15-22-10-12-23(13-11-22)26(24,25)19-9-8-16-5-3-6-17(16)14-19/h1-2,4,7-9,14H,3,5-6,10-13,15H2/p+1. The second-order valence-electron chi connectivity index (χ2n) is 7.21. The first-order valence-corrected chi connectivity index (χ1v) is 10.7. The maximum atomic E-state index is 13.8. The number of piperazine rings is 1. The van der Waals surface area contributed by atoms with E-state index in [0.717, 1.165) is 19.3 Å². The zero-order valence-corrected chi connectivity index (χ0v) is 15.6. The fourth-order valence-corrected chi connectivity index (χ4v) is 5.48. The molecule has 0 radical (unpaired) electrons. The first-order chi connectivity index (χ1) is 12.5. The Hall–Kier alpha value is -1.76. The van der Waals surface area contributed by atoms with E-state index in [9.17, 15) is 12.8 Å². The van der Waals surface area contributed by atoms with Gasteiger partial charge in [-0.1, -0.05) is 24.3 Å². The highest BCUT2D eigenvalue weighted by Crippen LogP contribution is 2.26. The molecule has 0 unspecified atom stereocenters. The van der Waals surface area contributed by atoms with Crippen molar-refractivity contribution in [2.45, 2.75) is 30.7 Å². The minimum atomic E-state index is -3.44. The van der Waals surface area contributed by atoms with Gasteiger partial charge in [0.25, 0.3) is 0 Å². The number of nitrogens with one attached hydrogen (secondary N) is 1. The summed E-state index contributed by atoms with van der Waals surface area (Å²) in [6.07, 6.45) is 3.13. The van der Waals surface area contributed by atoms with Gasteiger partial charge in [0.2, 0.25) is 10.0 Å². The van der Waals surface area contributed by atoms with Crippen molar-refractivity contribution in [2.24, 2.45) is 0 Å². The van der Waals surface area contributed by atoms with Crippen LogP contribution in [0.3, 0.4) is 0 Å². The molecule has 2 aliphatic rings. The molecule has 0 aromatic heterocycles. The van der Waals surface area contributed by atoms with Crippen molar-refractivity contribution < 1.29 is 17.7 Å². The van der Waals surface area contributed by atoms with Crippen molar-refractivity contribution >= 4 is 10.0 Å². The Bertz CT molecular complexity index is 906. The van der Waals surface area contributed by atoms with Crippen LogP contribution in [0.15, 0.2) is 47.4 Å². The molecule has 1 fully saturated rings. The maximum Gasteiger partial charge on any atom is 0.243 e. The zero-order chi connectivity index (χ0) is 18.1. The van der Waals surface area contributed by atoms with Crippen LogP contribution in [0.5, 0.6) is 0 Å². The summed E-state index contributed by atoms with van der Waals surface area (Å²) in [6, 6.07) is 12.4. The van der Waals surface area contributed by atoms with E-state index in [0.29, 0.717) is 43.2 Å². The van der Waals surface area contributed by atoms with Gasteiger partial charge >= 0.3 is 0 Å². The number of hydrogen-bond acceptors (Lipinski definition) is 2. The molecule has 1 aliphatic carbocycles. The lowest BCUT2D eigenvalue weighted by Gasteiger charge is -2.31. The molecule has 0 amide bonds. The minimum Gasteiger partial charge on any atom is -0.329 e. The molecule has 26 heavy (non-hydrogen) atoms. The van der Waals surface area contributed by atoms with E-state index in [2.05, 4.69) is 0 Å². The van der Waals surface area contributed by atoms with Gasteiger partial charge in [0.05, 0.1) is 31.1 Å². The van der Waals surface area contributed by atoms with Crippen LogP contribution >= 0.6 is 0 Å². The molecule has 0 spiro atoms. The van der Waals surface area contributed by atoms with E-state index in [1.165, 1.54) is 22.1 Å². The summed E-state index contributed by atoms with van der Waals surface area (Å²) < 4.78 is 41.3. The number of benzene rings is 2. The minimum absolute atomic E-state index is 0.187. The van der Waals surface area contributed by atoms with E-state index in [1.807, 2.05) is 18.2 Å². The molecule has 138 valence electrons. The maximum absolute atomic E-state index is 13.8. The molecule has 4 rings (SSSR count). The van der Waals surface area contributed by atoms with Crippen LogP contribution in [0.25, 0.3) is 0 Å². The molecular formula is C20H24FN2O2S+. The molecule has 0 saturated carbocycles. The van der Waals surface area contributed by atoms with Crippen molar-refractivity contribution in [1.82, 2.24) is 4.31 Å². The van der Waals surface area contributed by atoms with Crippen LogP contribution in [0.2, 0.25) is 0 Å². The lowest BCUT2D eigenvalue weighted by Crippen LogP contribution is -3.13. The molecule has 4 nitrogen and oxygen atoms in total. The smallest absolute Gasteiger partial charge is 0.243 e. The SMILES string of the molecule is O=S(=O)(c1ccc2c(c1)CCC2)N1CC[NH+](Cc2ccccc2F)CC1. The molecule has 1 saturated heterocycles. The van der Waals surface area contributed by atoms with Gasteiger partial charge in [-0.2, -0.15) is 4.31 Å². The molecule has 2 aromatic rings. The molecule has 0 atom stereocenters. The van der Waals surface area contributed by atoms with E-state index in [-0.39, 0.29) is 5.82 Å². The van der Waals surface area contributed by atoms with Crippen molar-refractivity contribution in [3.63, 3.8) is 0 Å². The topological polar surface area (TPSA) is 41.8 Å².